The Morgan fingerprint density at radius 3 is 2.68 bits per heavy atom. The van der Waals surface area contributed by atoms with E-state index in [1.807, 2.05) is 18.3 Å². The molecule has 0 spiro atoms. The third-order valence-corrected chi connectivity index (χ3v) is 4.06. The van der Waals surface area contributed by atoms with Crippen molar-refractivity contribution < 1.29 is 0 Å². The number of guanidine groups is 1. The van der Waals surface area contributed by atoms with Crippen molar-refractivity contribution >= 4 is 29.9 Å². The average molecular weight is 416 g/mol. The van der Waals surface area contributed by atoms with Crippen LogP contribution in [0.3, 0.4) is 0 Å². The first kappa shape index (κ1) is 19.2. The van der Waals surface area contributed by atoms with Gasteiger partial charge in [0.15, 0.2) is 5.96 Å². The van der Waals surface area contributed by atoms with Gasteiger partial charge >= 0.3 is 0 Å². The molecule has 0 bridgehead atoms. The van der Waals surface area contributed by atoms with E-state index < -0.39 is 0 Å². The quantitative estimate of drug-likeness (QED) is 0.440. The highest BCUT2D eigenvalue weighted by Gasteiger charge is 2.18. The maximum absolute atomic E-state index is 4.68. The second-order valence-electron chi connectivity index (χ2n) is 5.93. The van der Waals surface area contributed by atoms with Crippen molar-refractivity contribution in [2.24, 2.45) is 10.9 Å². The lowest BCUT2D eigenvalue weighted by Gasteiger charge is -2.28. The van der Waals surface area contributed by atoms with Gasteiger partial charge in [0.1, 0.15) is 0 Å². The van der Waals surface area contributed by atoms with Gasteiger partial charge in [-0.05, 0) is 50.7 Å². The summed E-state index contributed by atoms with van der Waals surface area (Å²) in [5, 5.41) is 6.93. The number of hydrogen-bond donors (Lipinski definition) is 2. The molecule has 0 radical (unpaired) electrons. The van der Waals surface area contributed by atoms with Crippen LogP contribution in [-0.2, 0) is 6.42 Å². The lowest BCUT2D eigenvalue weighted by Crippen LogP contribution is -2.44. The van der Waals surface area contributed by atoms with Crippen LogP contribution in [-0.4, -0.2) is 30.1 Å². The van der Waals surface area contributed by atoms with Gasteiger partial charge in [0.2, 0.25) is 0 Å². The standard InChI is InChI=1S/C17H28N4.HI/c1-3-18-17(21-16-9-7-14(2)8-10-16)20-13-11-15-6-4-5-12-19-15;/h4-6,12,14,16H,3,7-11,13H2,1-2H3,(H2,18,20,21);1H. The highest BCUT2D eigenvalue weighted by atomic mass is 127. The van der Waals surface area contributed by atoms with Gasteiger partial charge in [0.05, 0.1) is 0 Å². The summed E-state index contributed by atoms with van der Waals surface area (Å²) in [7, 11) is 0. The molecular weight excluding hydrogens is 387 g/mol. The highest BCUT2D eigenvalue weighted by Crippen LogP contribution is 2.23. The topological polar surface area (TPSA) is 49.3 Å². The maximum atomic E-state index is 4.68. The van der Waals surface area contributed by atoms with E-state index >= 15 is 0 Å². The van der Waals surface area contributed by atoms with Gasteiger partial charge in [-0.1, -0.05) is 13.0 Å². The van der Waals surface area contributed by atoms with Crippen LogP contribution in [0.1, 0.15) is 45.2 Å². The summed E-state index contributed by atoms with van der Waals surface area (Å²) in [5.41, 5.74) is 1.10. The Kier molecular flexibility index (Phi) is 9.43. The third kappa shape index (κ3) is 6.94. The summed E-state index contributed by atoms with van der Waals surface area (Å²) in [6.45, 7) is 6.13. The number of hydrogen-bond acceptors (Lipinski definition) is 2. The molecule has 2 N–H and O–H groups in total. The summed E-state index contributed by atoms with van der Waals surface area (Å²) in [6.07, 6.45) is 7.89. The zero-order valence-electron chi connectivity index (χ0n) is 13.7. The fourth-order valence-corrected chi connectivity index (χ4v) is 2.75. The molecule has 0 unspecified atom stereocenters. The SMILES string of the molecule is CCNC(=NCCc1ccccn1)NC1CCC(C)CC1.I. The van der Waals surface area contributed by atoms with Crippen molar-refractivity contribution in [3.8, 4) is 0 Å². The van der Waals surface area contributed by atoms with Crippen LogP contribution < -0.4 is 10.6 Å². The number of aromatic nitrogens is 1. The molecule has 1 saturated carbocycles. The predicted molar refractivity (Wildman–Crippen MR) is 104 cm³/mol. The summed E-state index contributed by atoms with van der Waals surface area (Å²) in [6, 6.07) is 6.60. The minimum atomic E-state index is 0. The van der Waals surface area contributed by atoms with Gasteiger partial charge in [0.25, 0.3) is 0 Å². The minimum absolute atomic E-state index is 0. The average Bonchev–Trinajstić information content (AvgIpc) is 2.51. The maximum Gasteiger partial charge on any atom is 0.191 e. The number of nitrogens with zero attached hydrogens (tertiary/aromatic N) is 2. The van der Waals surface area contributed by atoms with Crippen LogP contribution in [0.5, 0.6) is 0 Å². The molecule has 0 saturated heterocycles. The van der Waals surface area contributed by atoms with Gasteiger partial charge in [0, 0.05) is 37.4 Å². The van der Waals surface area contributed by atoms with E-state index in [2.05, 4.69) is 40.5 Å². The first-order valence-corrected chi connectivity index (χ1v) is 8.22. The van der Waals surface area contributed by atoms with E-state index in [-0.39, 0.29) is 24.0 Å². The van der Waals surface area contributed by atoms with E-state index in [1.54, 1.807) is 0 Å². The molecule has 5 heteroatoms. The molecule has 1 heterocycles. The Morgan fingerprint density at radius 1 is 1.27 bits per heavy atom. The molecule has 1 fully saturated rings. The fourth-order valence-electron chi connectivity index (χ4n) is 2.75. The molecule has 22 heavy (non-hydrogen) atoms. The third-order valence-electron chi connectivity index (χ3n) is 4.06. The van der Waals surface area contributed by atoms with Crippen molar-refractivity contribution in [3.05, 3.63) is 30.1 Å². The summed E-state index contributed by atoms with van der Waals surface area (Å²) >= 11 is 0. The predicted octanol–water partition coefficient (Wildman–Crippen LogP) is 3.38. The molecule has 0 atom stereocenters. The Hall–Kier alpha value is -0.850. The van der Waals surface area contributed by atoms with Crippen LogP contribution in [0.15, 0.2) is 29.4 Å². The van der Waals surface area contributed by atoms with E-state index in [0.717, 1.165) is 37.1 Å². The van der Waals surface area contributed by atoms with E-state index in [9.17, 15) is 0 Å². The van der Waals surface area contributed by atoms with Crippen LogP contribution in [0, 0.1) is 5.92 Å². The van der Waals surface area contributed by atoms with Crippen LogP contribution >= 0.6 is 24.0 Å². The number of aliphatic imine (C=N–C) groups is 1. The van der Waals surface area contributed by atoms with E-state index in [0.29, 0.717) is 6.04 Å². The molecule has 0 aromatic carbocycles. The lowest BCUT2D eigenvalue weighted by molar-refractivity contribution is 0.329. The molecule has 4 nitrogen and oxygen atoms in total. The smallest absolute Gasteiger partial charge is 0.191 e. The summed E-state index contributed by atoms with van der Waals surface area (Å²) < 4.78 is 0. The van der Waals surface area contributed by atoms with E-state index in [4.69, 9.17) is 0 Å². The van der Waals surface area contributed by atoms with E-state index in [1.165, 1.54) is 25.7 Å². The van der Waals surface area contributed by atoms with Crippen LogP contribution in [0.2, 0.25) is 0 Å². The Bertz CT molecular complexity index is 428. The Morgan fingerprint density at radius 2 is 2.05 bits per heavy atom. The van der Waals surface area contributed by atoms with Gasteiger partial charge < -0.3 is 10.6 Å². The number of halogens is 1. The number of pyridine rings is 1. The zero-order chi connectivity index (χ0) is 14.9. The van der Waals surface area contributed by atoms with Gasteiger partial charge in [-0.3, -0.25) is 9.98 Å². The molecule has 2 rings (SSSR count). The molecule has 0 amide bonds. The Labute approximate surface area is 151 Å². The normalized spacial score (nSPS) is 21.8. The van der Waals surface area contributed by atoms with Crippen LogP contribution in [0.25, 0.3) is 0 Å². The van der Waals surface area contributed by atoms with Gasteiger partial charge in [-0.15, -0.1) is 24.0 Å². The second kappa shape index (κ2) is 10.8. The molecular formula is C17H29IN4. The first-order chi connectivity index (χ1) is 10.3. The second-order valence-corrected chi connectivity index (χ2v) is 5.93. The minimum Gasteiger partial charge on any atom is -0.357 e. The number of nitrogens with one attached hydrogen (secondary N) is 2. The molecule has 1 aliphatic rings. The zero-order valence-corrected chi connectivity index (χ0v) is 16.0. The summed E-state index contributed by atoms with van der Waals surface area (Å²) in [4.78, 5) is 9.01. The monoisotopic (exact) mass is 416 g/mol. The Balaban J connectivity index is 0.00000242. The van der Waals surface area contributed by atoms with Gasteiger partial charge in [-0.2, -0.15) is 0 Å². The number of rotatable bonds is 5. The molecule has 0 aliphatic heterocycles. The van der Waals surface area contributed by atoms with Gasteiger partial charge in [-0.25, -0.2) is 0 Å². The molecule has 1 aliphatic carbocycles. The van der Waals surface area contributed by atoms with Crippen molar-refractivity contribution in [3.63, 3.8) is 0 Å². The highest BCUT2D eigenvalue weighted by molar-refractivity contribution is 14.0. The van der Waals surface area contributed by atoms with Crippen LogP contribution in [0.4, 0.5) is 0 Å². The molecule has 124 valence electrons. The lowest BCUT2D eigenvalue weighted by atomic mass is 9.87. The molecule has 1 aromatic rings. The molecule has 1 aromatic heterocycles. The first-order valence-electron chi connectivity index (χ1n) is 8.22. The van der Waals surface area contributed by atoms with Crippen molar-refractivity contribution in [1.82, 2.24) is 15.6 Å². The summed E-state index contributed by atoms with van der Waals surface area (Å²) in [5.74, 6) is 1.83. The largest absolute Gasteiger partial charge is 0.357 e. The van der Waals surface area contributed by atoms with Crippen molar-refractivity contribution in [2.75, 3.05) is 13.1 Å². The van der Waals surface area contributed by atoms with Crippen molar-refractivity contribution in [2.45, 2.75) is 52.0 Å². The van der Waals surface area contributed by atoms with Crippen molar-refractivity contribution in [1.29, 1.82) is 0 Å². The fraction of sp³-hybridized carbons (Fsp3) is 0.647.